The first kappa shape index (κ1) is 28.3. The Morgan fingerprint density at radius 1 is 0.900 bits per heavy atom. The number of rotatable bonds is 11. The van der Waals surface area contributed by atoms with Gasteiger partial charge in [-0.1, -0.05) is 48.5 Å². The number of carboxylic acids is 1. The van der Waals surface area contributed by atoms with E-state index in [4.69, 9.17) is 19.3 Å². The van der Waals surface area contributed by atoms with Crippen LogP contribution in [0.25, 0.3) is 0 Å². The molecule has 2 aliphatic rings. The molecule has 2 saturated heterocycles. The molecule has 0 amide bonds. The Morgan fingerprint density at radius 3 is 2.23 bits per heavy atom. The Bertz CT molecular complexity index is 1220. The highest BCUT2D eigenvalue weighted by atomic mass is 19.1. The maximum Gasteiger partial charge on any atom is 0.303 e. The molecule has 0 saturated carbocycles. The smallest absolute Gasteiger partial charge is 0.303 e. The van der Waals surface area contributed by atoms with E-state index in [1.807, 2.05) is 24.3 Å². The lowest BCUT2D eigenvalue weighted by molar-refractivity contribution is -0.158. The van der Waals surface area contributed by atoms with Crippen LogP contribution in [0.5, 0.6) is 5.75 Å². The van der Waals surface area contributed by atoms with Crippen molar-refractivity contribution in [2.45, 2.75) is 70.0 Å². The fraction of sp³-hybridized carbons (Fsp3) is 0.424. The first-order chi connectivity index (χ1) is 19.4. The van der Waals surface area contributed by atoms with Gasteiger partial charge in [-0.3, -0.25) is 9.69 Å². The molecular weight excluding hydrogens is 509 g/mol. The first-order valence-corrected chi connectivity index (χ1v) is 14.2. The highest BCUT2D eigenvalue weighted by molar-refractivity contribution is 5.67. The molecule has 1 atom stereocenters. The van der Waals surface area contributed by atoms with Gasteiger partial charge in [0, 0.05) is 39.1 Å². The maximum absolute atomic E-state index is 13.2. The number of carbonyl (C=O) groups is 1. The lowest BCUT2D eigenvalue weighted by atomic mass is 9.83. The Labute approximate surface area is 235 Å². The number of hydrogen-bond acceptors (Lipinski definition) is 5. The van der Waals surface area contributed by atoms with E-state index in [0.29, 0.717) is 19.6 Å². The first-order valence-electron chi connectivity index (χ1n) is 14.2. The number of ether oxygens (including phenoxy) is 3. The molecule has 1 N–H and O–H groups in total. The van der Waals surface area contributed by atoms with Crippen LogP contribution in [0.2, 0.25) is 0 Å². The van der Waals surface area contributed by atoms with Gasteiger partial charge in [0.05, 0.1) is 18.3 Å². The summed E-state index contributed by atoms with van der Waals surface area (Å²) >= 11 is 0. The van der Waals surface area contributed by atoms with Crippen molar-refractivity contribution in [1.82, 2.24) is 4.90 Å². The maximum atomic E-state index is 13.2. The summed E-state index contributed by atoms with van der Waals surface area (Å²) in [6.45, 7) is 4.64. The van der Waals surface area contributed by atoms with E-state index >= 15 is 0 Å². The van der Waals surface area contributed by atoms with Gasteiger partial charge in [-0.05, 0) is 72.2 Å². The van der Waals surface area contributed by atoms with Gasteiger partial charge >= 0.3 is 5.97 Å². The SMILES string of the molecule is O=C(O)CCc1ccc(OCc2ccc(CN3CCC4(CC3)CC(OCc3ccc(F)cc3)CCO4)cc2)cc1. The van der Waals surface area contributed by atoms with E-state index in [0.717, 1.165) is 74.4 Å². The van der Waals surface area contributed by atoms with E-state index in [9.17, 15) is 9.18 Å². The van der Waals surface area contributed by atoms with Crippen LogP contribution in [0.3, 0.4) is 0 Å². The van der Waals surface area contributed by atoms with Gasteiger partial charge in [0.1, 0.15) is 18.2 Å². The normalized spacial score (nSPS) is 19.0. The van der Waals surface area contributed by atoms with Crippen LogP contribution in [0.4, 0.5) is 4.39 Å². The number of benzene rings is 3. The summed E-state index contributed by atoms with van der Waals surface area (Å²) < 4.78 is 31.6. The van der Waals surface area contributed by atoms with Crippen molar-refractivity contribution in [2.24, 2.45) is 0 Å². The average molecular weight is 548 g/mol. The van der Waals surface area contributed by atoms with Crippen LogP contribution in [-0.4, -0.2) is 47.4 Å². The van der Waals surface area contributed by atoms with Crippen molar-refractivity contribution >= 4 is 5.97 Å². The van der Waals surface area contributed by atoms with Crippen molar-refractivity contribution in [2.75, 3.05) is 19.7 Å². The number of piperidine rings is 1. The molecule has 3 aromatic carbocycles. The molecular formula is C33H38FNO5. The van der Waals surface area contributed by atoms with Gasteiger partial charge in [-0.2, -0.15) is 0 Å². The molecule has 40 heavy (non-hydrogen) atoms. The summed E-state index contributed by atoms with van der Waals surface area (Å²) in [7, 11) is 0. The van der Waals surface area contributed by atoms with E-state index in [-0.39, 0.29) is 23.9 Å². The van der Waals surface area contributed by atoms with E-state index in [1.54, 1.807) is 12.1 Å². The molecule has 0 aliphatic carbocycles. The number of likely N-dealkylation sites (tertiary alicyclic amines) is 1. The van der Waals surface area contributed by atoms with Gasteiger partial charge in [0.15, 0.2) is 0 Å². The van der Waals surface area contributed by atoms with Crippen molar-refractivity contribution in [3.05, 3.63) is 101 Å². The standard InChI is InChI=1S/C33H38FNO5/c34-29-10-5-28(6-11-29)24-39-31-15-20-40-33(21-31)16-18-35(19-17-33)22-26-1-3-27(4-2-26)23-38-30-12-7-25(8-13-30)9-14-32(36)37/h1-8,10-13,31H,9,14-24H2,(H,36,37). The minimum atomic E-state index is -0.786. The number of carboxylic acid groups (broad SMARTS) is 1. The molecule has 7 heteroatoms. The Morgan fingerprint density at radius 2 is 1.52 bits per heavy atom. The third kappa shape index (κ3) is 8.13. The second-order valence-electron chi connectivity index (χ2n) is 11.0. The molecule has 3 aromatic rings. The highest BCUT2D eigenvalue weighted by Gasteiger charge is 2.40. The van der Waals surface area contributed by atoms with Crippen LogP contribution < -0.4 is 4.74 Å². The van der Waals surface area contributed by atoms with E-state index in [1.165, 1.54) is 17.7 Å². The molecule has 1 unspecified atom stereocenters. The molecule has 1 spiro atoms. The molecule has 6 nitrogen and oxygen atoms in total. The monoisotopic (exact) mass is 547 g/mol. The van der Waals surface area contributed by atoms with Gasteiger partial charge in [-0.25, -0.2) is 4.39 Å². The highest BCUT2D eigenvalue weighted by Crippen LogP contribution is 2.36. The summed E-state index contributed by atoms with van der Waals surface area (Å²) in [5.74, 6) is -0.232. The summed E-state index contributed by atoms with van der Waals surface area (Å²) in [5.41, 5.74) is 4.29. The molecule has 5 rings (SSSR count). The summed E-state index contributed by atoms with van der Waals surface area (Å²) in [6.07, 6.45) is 4.66. The minimum absolute atomic E-state index is 0.0993. The average Bonchev–Trinajstić information content (AvgIpc) is 2.97. The fourth-order valence-electron chi connectivity index (χ4n) is 5.56. The number of aliphatic carboxylic acids is 1. The second-order valence-corrected chi connectivity index (χ2v) is 11.0. The van der Waals surface area contributed by atoms with E-state index in [2.05, 4.69) is 29.2 Å². The lowest BCUT2D eigenvalue weighted by Gasteiger charge is -2.46. The van der Waals surface area contributed by atoms with Crippen molar-refractivity contribution in [1.29, 1.82) is 0 Å². The quantitative estimate of drug-likeness (QED) is 0.311. The molecule has 2 heterocycles. The van der Waals surface area contributed by atoms with Crippen LogP contribution in [-0.2, 0) is 40.4 Å². The van der Waals surface area contributed by atoms with Gasteiger partial charge in [-0.15, -0.1) is 0 Å². The van der Waals surface area contributed by atoms with Crippen LogP contribution in [0.1, 0.15) is 54.4 Å². The number of nitrogens with zero attached hydrogens (tertiary/aromatic N) is 1. The zero-order valence-electron chi connectivity index (χ0n) is 22.9. The topological polar surface area (TPSA) is 68.2 Å². The Hall–Kier alpha value is -3.26. The molecule has 2 fully saturated rings. The van der Waals surface area contributed by atoms with E-state index < -0.39 is 5.97 Å². The predicted molar refractivity (Wildman–Crippen MR) is 151 cm³/mol. The van der Waals surface area contributed by atoms with Crippen molar-refractivity contribution in [3.63, 3.8) is 0 Å². The molecule has 2 aliphatic heterocycles. The molecule has 0 radical (unpaired) electrons. The molecule has 212 valence electrons. The Kier molecular flexibility index (Phi) is 9.47. The van der Waals surface area contributed by atoms with Gasteiger partial charge < -0.3 is 19.3 Å². The van der Waals surface area contributed by atoms with Crippen LogP contribution >= 0.6 is 0 Å². The third-order valence-electron chi connectivity index (χ3n) is 8.00. The predicted octanol–water partition coefficient (Wildman–Crippen LogP) is 6.15. The van der Waals surface area contributed by atoms with Crippen LogP contribution in [0.15, 0.2) is 72.8 Å². The molecule has 0 bridgehead atoms. The number of hydrogen-bond donors (Lipinski definition) is 1. The minimum Gasteiger partial charge on any atom is -0.489 e. The van der Waals surface area contributed by atoms with Gasteiger partial charge in [0.2, 0.25) is 0 Å². The largest absolute Gasteiger partial charge is 0.489 e. The zero-order valence-corrected chi connectivity index (χ0v) is 22.9. The van der Waals surface area contributed by atoms with Crippen molar-refractivity contribution < 1.29 is 28.5 Å². The van der Waals surface area contributed by atoms with Crippen molar-refractivity contribution in [3.8, 4) is 5.75 Å². The summed E-state index contributed by atoms with van der Waals surface area (Å²) in [6, 6.07) is 22.8. The zero-order chi connectivity index (χ0) is 27.8. The lowest BCUT2D eigenvalue weighted by Crippen LogP contribution is -2.50. The van der Waals surface area contributed by atoms with Gasteiger partial charge in [0.25, 0.3) is 0 Å². The summed E-state index contributed by atoms with van der Waals surface area (Å²) in [5, 5.41) is 8.82. The molecule has 0 aromatic heterocycles. The number of halogens is 1. The Balaban J connectivity index is 1.03. The van der Waals surface area contributed by atoms with Crippen LogP contribution in [0, 0.1) is 5.82 Å². The fourth-order valence-corrected chi connectivity index (χ4v) is 5.56. The second kappa shape index (κ2) is 13.4. The number of aryl methyl sites for hydroxylation is 1. The third-order valence-corrected chi connectivity index (χ3v) is 8.00. The summed E-state index contributed by atoms with van der Waals surface area (Å²) in [4.78, 5) is 13.2.